The fourth-order valence-electron chi connectivity index (χ4n) is 1.70. The Morgan fingerprint density at radius 3 is 2.47 bits per heavy atom. The van der Waals surface area contributed by atoms with Crippen LogP contribution in [0.4, 0.5) is 0 Å². The van der Waals surface area contributed by atoms with Gasteiger partial charge in [-0.3, -0.25) is 0 Å². The summed E-state index contributed by atoms with van der Waals surface area (Å²) in [7, 11) is 0. The number of benzene rings is 2. The number of hydrogen-bond donors (Lipinski definition) is 0. The number of carbonyl (C=O) groups excluding carboxylic acids is 1. The van der Waals surface area contributed by atoms with Crippen molar-refractivity contribution in [2.24, 2.45) is 0 Å². The smallest absolute Gasteiger partial charge is 0.338 e. The van der Waals surface area contributed by atoms with Crippen LogP contribution >= 0.6 is 0 Å². The van der Waals surface area contributed by atoms with E-state index < -0.39 is 0 Å². The van der Waals surface area contributed by atoms with Crippen molar-refractivity contribution in [3.63, 3.8) is 0 Å². The Hall–Kier alpha value is -2.35. The fourth-order valence-corrected chi connectivity index (χ4v) is 1.70. The van der Waals surface area contributed by atoms with Gasteiger partial charge in [-0.15, -0.1) is 0 Å². The Kier molecular flexibility index (Phi) is 4.51. The van der Waals surface area contributed by atoms with Crippen LogP contribution in [0.15, 0.2) is 61.2 Å². The average molecular weight is 251 g/mol. The Labute approximate surface area is 113 Å². The molecule has 95 valence electrons. The van der Waals surface area contributed by atoms with E-state index in [2.05, 4.69) is 12.6 Å². The van der Waals surface area contributed by atoms with E-state index in [4.69, 9.17) is 4.74 Å². The molecular weight excluding hydrogens is 236 g/mol. The van der Waals surface area contributed by atoms with Gasteiger partial charge >= 0.3 is 5.97 Å². The summed E-state index contributed by atoms with van der Waals surface area (Å²) in [6.07, 6.45) is 0.711. The SMILES string of the molecule is C=C(C(=O)OCCc1ccccc1)c1cc[c]cc1. The summed E-state index contributed by atoms with van der Waals surface area (Å²) in [5, 5.41) is 0. The van der Waals surface area contributed by atoms with Gasteiger partial charge in [0.05, 0.1) is 12.2 Å². The van der Waals surface area contributed by atoms with E-state index >= 15 is 0 Å². The standard InChI is InChI=1S/C17H15O2/c1-14(16-10-6-3-7-11-16)17(18)19-13-12-15-8-4-2-5-9-15/h2,4-11H,1,12-13H2. The van der Waals surface area contributed by atoms with Gasteiger partial charge in [0.15, 0.2) is 0 Å². The highest BCUT2D eigenvalue weighted by atomic mass is 16.5. The first-order valence-electron chi connectivity index (χ1n) is 6.14. The second kappa shape index (κ2) is 6.55. The van der Waals surface area contributed by atoms with Gasteiger partial charge in [0.1, 0.15) is 0 Å². The Balaban J connectivity index is 1.84. The summed E-state index contributed by atoms with van der Waals surface area (Å²) in [6.45, 7) is 4.12. The summed E-state index contributed by atoms with van der Waals surface area (Å²) < 4.78 is 5.21. The number of esters is 1. The maximum atomic E-state index is 11.8. The van der Waals surface area contributed by atoms with Crippen molar-refractivity contribution >= 4 is 11.5 Å². The minimum atomic E-state index is -0.373. The molecular formula is C17H15O2. The molecule has 0 unspecified atom stereocenters. The third-order valence-corrected chi connectivity index (χ3v) is 2.78. The van der Waals surface area contributed by atoms with Crippen molar-refractivity contribution in [1.29, 1.82) is 0 Å². The zero-order valence-electron chi connectivity index (χ0n) is 10.6. The molecule has 0 aliphatic carbocycles. The molecule has 2 nitrogen and oxygen atoms in total. The van der Waals surface area contributed by atoms with Gasteiger partial charge in [-0.1, -0.05) is 61.2 Å². The first kappa shape index (κ1) is 13.1. The molecule has 0 saturated carbocycles. The molecule has 0 aromatic heterocycles. The molecule has 2 aromatic rings. The highest BCUT2D eigenvalue weighted by Crippen LogP contribution is 2.13. The van der Waals surface area contributed by atoms with Gasteiger partial charge in [-0.25, -0.2) is 4.79 Å². The third kappa shape index (κ3) is 3.81. The Morgan fingerprint density at radius 2 is 1.79 bits per heavy atom. The van der Waals surface area contributed by atoms with Crippen molar-refractivity contribution in [3.05, 3.63) is 78.4 Å². The highest BCUT2D eigenvalue weighted by molar-refractivity contribution is 6.15. The lowest BCUT2D eigenvalue weighted by molar-refractivity contribution is -0.136. The highest BCUT2D eigenvalue weighted by Gasteiger charge is 2.10. The summed E-state index contributed by atoms with van der Waals surface area (Å²) in [4.78, 5) is 11.8. The first-order valence-corrected chi connectivity index (χ1v) is 6.14. The van der Waals surface area contributed by atoms with Crippen LogP contribution in [0.25, 0.3) is 5.57 Å². The molecule has 2 aromatic carbocycles. The van der Waals surface area contributed by atoms with Crippen LogP contribution in [0.2, 0.25) is 0 Å². The largest absolute Gasteiger partial charge is 0.462 e. The Bertz CT molecular complexity index is 544. The normalized spacial score (nSPS) is 9.89. The fraction of sp³-hybridized carbons (Fsp3) is 0.118. The molecule has 0 aliphatic heterocycles. The van der Waals surface area contributed by atoms with Crippen molar-refractivity contribution in [2.45, 2.75) is 6.42 Å². The number of ether oxygens (including phenoxy) is 1. The van der Waals surface area contributed by atoms with Gasteiger partial charge in [0.2, 0.25) is 0 Å². The maximum absolute atomic E-state index is 11.8. The van der Waals surface area contributed by atoms with Gasteiger partial charge in [0.25, 0.3) is 0 Å². The Morgan fingerprint density at radius 1 is 1.11 bits per heavy atom. The zero-order valence-corrected chi connectivity index (χ0v) is 10.6. The maximum Gasteiger partial charge on any atom is 0.338 e. The lowest BCUT2D eigenvalue weighted by Gasteiger charge is -2.07. The van der Waals surface area contributed by atoms with E-state index in [0.29, 0.717) is 18.6 Å². The van der Waals surface area contributed by atoms with Crippen molar-refractivity contribution in [2.75, 3.05) is 6.61 Å². The van der Waals surface area contributed by atoms with Crippen LogP contribution in [0.5, 0.6) is 0 Å². The topological polar surface area (TPSA) is 26.3 Å². The molecule has 0 aliphatic rings. The average Bonchev–Trinajstić information content (AvgIpc) is 2.48. The molecule has 0 N–H and O–H groups in total. The summed E-state index contributed by atoms with van der Waals surface area (Å²) in [6, 6.07) is 19.9. The van der Waals surface area contributed by atoms with Gasteiger partial charge in [-0.05, 0) is 17.2 Å². The van der Waals surface area contributed by atoms with Crippen molar-refractivity contribution < 1.29 is 9.53 Å². The molecule has 0 amide bonds. The molecule has 2 rings (SSSR count). The minimum absolute atomic E-state index is 0.362. The molecule has 0 fully saturated rings. The molecule has 0 saturated heterocycles. The lowest BCUT2D eigenvalue weighted by Crippen LogP contribution is -2.09. The molecule has 1 radical (unpaired) electrons. The molecule has 0 atom stereocenters. The van der Waals surface area contributed by atoms with Crippen LogP contribution in [-0.2, 0) is 16.0 Å². The van der Waals surface area contributed by atoms with Crippen LogP contribution in [0, 0.1) is 6.07 Å². The molecule has 0 bridgehead atoms. The summed E-state index contributed by atoms with van der Waals surface area (Å²) >= 11 is 0. The predicted octanol–water partition coefficient (Wildman–Crippen LogP) is 3.29. The van der Waals surface area contributed by atoms with Crippen LogP contribution in [0.3, 0.4) is 0 Å². The van der Waals surface area contributed by atoms with E-state index in [9.17, 15) is 4.79 Å². The number of carbonyl (C=O) groups is 1. The van der Waals surface area contributed by atoms with E-state index in [1.165, 1.54) is 0 Å². The van der Waals surface area contributed by atoms with Gasteiger partial charge in [0, 0.05) is 6.42 Å². The first-order chi connectivity index (χ1) is 9.27. The molecule has 0 spiro atoms. The second-order valence-corrected chi connectivity index (χ2v) is 4.14. The molecule has 19 heavy (non-hydrogen) atoms. The van der Waals surface area contributed by atoms with E-state index in [1.807, 2.05) is 30.3 Å². The van der Waals surface area contributed by atoms with Gasteiger partial charge in [-0.2, -0.15) is 0 Å². The number of hydrogen-bond acceptors (Lipinski definition) is 2. The second-order valence-electron chi connectivity index (χ2n) is 4.14. The monoisotopic (exact) mass is 251 g/mol. The zero-order chi connectivity index (χ0) is 13.5. The van der Waals surface area contributed by atoms with Crippen molar-refractivity contribution in [3.8, 4) is 0 Å². The van der Waals surface area contributed by atoms with E-state index in [0.717, 1.165) is 11.1 Å². The van der Waals surface area contributed by atoms with E-state index in [1.54, 1.807) is 24.3 Å². The summed E-state index contributed by atoms with van der Waals surface area (Å²) in [5.74, 6) is -0.373. The minimum Gasteiger partial charge on any atom is -0.462 e. The van der Waals surface area contributed by atoms with Gasteiger partial charge < -0.3 is 4.74 Å². The van der Waals surface area contributed by atoms with Crippen LogP contribution in [0.1, 0.15) is 11.1 Å². The van der Waals surface area contributed by atoms with Crippen LogP contribution < -0.4 is 0 Å². The summed E-state index contributed by atoms with van der Waals surface area (Å²) in [5.41, 5.74) is 2.29. The number of rotatable bonds is 5. The van der Waals surface area contributed by atoms with E-state index in [-0.39, 0.29) is 5.97 Å². The molecule has 0 heterocycles. The predicted molar refractivity (Wildman–Crippen MR) is 75.4 cm³/mol. The van der Waals surface area contributed by atoms with Crippen LogP contribution in [-0.4, -0.2) is 12.6 Å². The molecule has 2 heteroatoms. The van der Waals surface area contributed by atoms with Crippen molar-refractivity contribution in [1.82, 2.24) is 0 Å². The lowest BCUT2D eigenvalue weighted by atomic mass is 10.1. The quantitative estimate of drug-likeness (QED) is 0.602. The third-order valence-electron chi connectivity index (χ3n) is 2.78.